The average Bonchev–Trinajstić information content (AvgIpc) is 3.11. The van der Waals surface area contributed by atoms with Gasteiger partial charge in [0.05, 0.1) is 12.1 Å². The first-order chi connectivity index (χ1) is 12.2. The lowest BCUT2D eigenvalue weighted by Crippen LogP contribution is -2.33. The standard InChI is InChI=1S/C19H20N4OS/c1-23(17-7-3-2-4-8-17)11-10-21-18(24)12-16-14-25-19(22-16)15-6-5-9-20-13-15/h2-9,13-14H,10-12H2,1H3,(H,21,24). The first-order valence-corrected chi connectivity index (χ1v) is 8.98. The molecule has 2 aromatic heterocycles. The van der Waals surface area contributed by atoms with E-state index in [1.54, 1.807) is 12.4 Å². The van der Waals surface area contributed by atoms with Crippen LogP contribution in [0.3, 0.4) is 0 Å². The minimum absolute atomic E-state index is 0.00972. The SMILES string of the molecule is CN(CCNC(=O)Cc1csc(-c2cccnc2)n1)c1ccccc1. The Hall–Kier alpha value is -2.73. The van der Waals surface area contributed by atoms with Crippen molar-refractivity contribution in [1.82, 2.24) is 15.3 Å². The van der Waals surface area contributed by atoms with Gasteiger partial charge in [-0.05, 0) is 24.3 Å². The van der Waals surface area contributed by atoms with E-state index >= 15 is 0 Å². The highest BCUT2D eigenvalue weighted by Gasteiger charge is 2.09. The maximum Gasteiger partial charge on any atom is 0.226 e. The Morgan fingerprint density at radius 2 is 2.04 bits per heavy atom. The number of benzene rings is 1. The highest BCUT2D eigenvalue weighted by molar-refractivity contribution is 7.13. The van der Waals surface area contributed by atoms with Gasteiger partial charge < -0.3 is 10.2 Å². The van der Waals surface area contributed by atoms with Gasteiger partial charge >= 0.3 is 0 Å². The van der Waals surface area contributed by atoms with Crippen LogP contribution in [0.1, 0.15) is 5.69 Å². The Morgan fingerprint density at radius 3 is 2.80 bits per heavy atom. The van der Waals surface area contributed by atoms with Crippen molar-refractivity contribution < 1.29 is 4.79 Å². The highest BCUT2D eigenvalue weighted by atomic mass is 32.1. The second kappa shape index (κ2) is 8.39. The van der Waals surface area contributed by atoms with Crippen molar-refractivity contribution >= 4 is 22.9 Å². The molecule has 0 saturated carbocycles. The van der Waals surface area contributed by atoms with Gasteiger partial charge in [0.25, 0.3) is 0 Å². The molecule has 0 saturated heterocycles. The average molecular weight is 352 g/mol. The lowest BCUT2D eigenvalue weighted by atomic mass is 10.3. The molecule has 0 bridgehead atoms. The first-order valence-electron chi connectivity index (χ1n) is 8.10. The summed E-state index contributed by atoms with van der Waals surface area (Å²) in [5.74, 6) is -0.00972. The number of nitrogens with one attached hydrogen (secondary N) is 1. The zero-order valence-corrected chi connectivity index (χ0v) is 14.9. The summed E-state index contributed by atoms with van der Waals surface area (Å²) >= 11 is 1.53. The minimum Gasteiger partial charge on any atom is -0.373 e. The third-order valence-corrected chi connectivity index (χ3v) is 4.71. The Balaban J connectivity index is 1.46. The summed E-state index contributed by atoms with van der Waals surface area (Å²) < 4.78 is 0. The lowest BCUT2D eigenvalue weighted by molar-refractivity contribution is -0.120. The van der Waals surface area contributed by atoms with E-state index in [9.17, 15) is 4.79 Å². The van der Waals surface area contributed by atoms with Crippen LogP contribution >= 0.6 is 11.3 Å². The van der Waals surface area contributed by atoms with Gasteiger partial charge in [0.1, 0.15) is 5.01 Å². The topological polar surface area (TPSA) is 58.1 Å². The Morgan fingerprint density at radius 1 is 1.20 bits per heavy atom. The molecule has 2 heterocycles. The van der Waals surface area contributed by atoms with Crippen LogP contribution in [0.25, 0.3) is 10.6 Å². The monoisotopic (exact) mass is 352 g/mol. The molecule has 3 rings (SSSR count). The molecule has 0 unspecified atom stereocenters. The quantitative estimate of drug-likeness (QED) is 0.710. The van der Waals surface area contributed by atoms with Crippen LogP contribution in [0.5, 0.6) is 0 Å². The predicted octanol–water partition coefficient (Wildman–Crippen LogP) is 3.00. The molecule has 0 aliphatic rings. The summed E-state index contributed by atoms with van der Waals surface area (Å²) in [6.07, 6.45) is 3.81. The number of carbonyl (C=O) groups is 1. The van der Waals surface area contributed by atoms with Crippen molar-refractivity contribution in [2.75, 3.05) is 25.0 Å². The maximum absolute atomic E-state index is 12.1. The van der Waals surface area contributed by atoms with Crippen LogP contribution in [-0.4, -0.2) is 36.0 Å². The third kappa shape index (κ3) is 4.87. The molecule has 1 amide bonds. The summed E-state index contributed by atoms with van der Waals surface area (Å²) in [4.78, 5) is 22.8. The molecule has 0 aliphatic heterocycles. The van der Waals surface area contributed by atoms with Gasteiger partial charge in [-0.2, -0.15) is 0 Å². The molecule has 0 spiro atoms. The summed E-state index contributed by atoms with van der Waals surface area (Å²) in [5.41, 5.74) is 2.90. The van der Waals surface area contributed by atoms with Gasteiger partial charge in [-0.25, -0.2) is 4.98 Å². The normalized spacial score (nSPS) is 10.4. The number of pyridine rings is 1. The number of likely N-dealkylation sites (N-methyl/N-ethyl adjacent to an activating group) is 1. The Bertz CT molecular complexity index is 805. The number of anilines is 1. The van der Waals surface area contributed by atoms with E-state index in [-0.39, 0.29) is 5.91 Å². The summed E-state index contributed by atoms with van der Waals surface area (Å²) in [7, 11) is 2.02. The molecule has 1 aromatic carbocycles. The molecule has 0 atom stereocenters. The van der Waals surface area contributed by atoms with Crippen molar-refractivity contribution in [2.24, 2.45) is 0 Å². The van der Waals surface area contributed by atoms with Crippen molar-refractivity contribution in [1.29, 1.82) is 0 Å². The molecule has 25 heavy (non-hydrogen) atoms. The van der Waals surface area contributed by atoms with Crippen molar-refractivity contribution in [3.63, 3.8) is 0 Å². The van der Waals surface area contributed by atoms with Gasteiger partial charge in [-0.3, -0.25) is 9.78 Å². The van der Waals surface area contributed by atoms with Crippen LogP contribution in [0.4, 0.5) is 5.69 Å². The van der Waals surface area contributed by atoms with Gasteiger partial charge in [-0.15, -0.1) is 11.3 Å². The summed E-state index contributed by atoms with van der Waals surface area (Å²) in [6.45, 7) is 1.36. The fourth-order valence-electron chi connectivity index (χ4n) is 2.41. The van der Waals surface area contributed by atoms with Gasteiger partial charge in [0.15, 0.2) is 0 Å². The van der Waals surface area contributed by atoms with Crippen LogP contribution < -0.4 is 10.2 Å². The van der Waals surface area contributed by atoms with Gasteiger partial charge in [-0.1, -0.05) is 18.2 Å². The smallest absolute Gasteiger partial charge is 0.226 e. The van der Waals surface area contributed by atoms with E-state index < -0.39 is 0 Å². The van der Waals surface area contributed by atoms with Crippen LogP contribution in [-0.2, 0) is 11.2 Å². The number of amides is 1. The number of carbonyl (C=O) groups excluding carboxylic acids is 1. The van der Waals surface area contributed by atoms with E-state index in [0.717, 1.165) is 28.5 Å². The molecule has 128 valence electrons. The molecule has 0 aliphatic carbocycles. The molecule has 3 aromatic rings. The zero-order valence-electron chi connectivity index (χ0n) is 14.1. The van der Waals surface area contributed by atoms with E-state index in [1.807, 2.05) is 42.8 Å². The number of hydrogen-bond acceptors (Lipinski definition) is 5. The zero-order chi connectivity index (χ0) is 17.5. The van der Waals surface area contributed by atoms with Crippen molar-refractivity contribution in [3.8, 4) is 10.6 Å². The molecule has 1 N–H and O–H groups in total. The van der Waals surface area contributed by atoms with E-state index in [2.05, 4.69) is 32.3 Å². The van der Waals surface area contributed by atoms with Crippen LogP contribution in [0.15, 0.2) is 60.2 Å². The van der Waals surface area contributed by atoms with Gasteiger partial charge in [0, 0.05) is 49.2 Å². The van der Waals surface area contributed by atoms with Crippen LogP contribution in [0, 0.1) is 0 Å². The van der Waals surface area contributed by atoms with Crippen molar-refractivity contribution in [3.05, 3.63) is 65.9 Å². The number of hydrogen-bond donors (Lipinski definition) is 1. The minimum atomic E-state index is -0.00972. The number of para-hydroxylation sites is 1. The highest BCUT2D eigenvalue weighted by Crippen LogP contribution is 2.22. The van der Waals surface area contributed by atoms with Crippen molar-refractivity contribution in [2.45, 2.75) is 6.42 Å². The maximum atomic E-state index is 12.1. The number of thiazole rings is 1. The summed E-state index contributed by atoms with van der Waals surface area (Å²) in [6, 6.07) is 14.0. The summed E-state index contributed by atoms with van der Waals surface area (Å²) in [5, 5.41) is 5.77. The van der Waals surface area contributed by atoms with Gasteiger partial charge in [0.2, 0.25) is 5.91 Å². The third-order valence-electron chi connectivity index (χ3n) is 3.77. The number of nitrogens with zero attached hydrogens (tertiary/aromatic N) is 3. The Labute approximate surface area is 151 Å². The molecule has 0 fully saturated rings. The number of rotatable bonds is 7. The van der Waals surface area contributed by atoms with Crippen LogP contribution in [0.2, 0.25) is 0 Å². The fraction of sp³-hybridized carbons (Fsp3) is 0.211. The number of aromatic nitrogens is 2. The molecular formula is C19H20N4OS. The second-order valence-corrected chi connectivity index (χ2v) is 6.53. The predicted molar refractivity (Wildman–Crippen MR) is 102 cm³/mol. The molecule has 6 heteroatoms. The molecular weight excluding hydrogens is 332 g/mol. The molecule has 0 radical (unpaired) electrons. The molecule has 5 nitrogen and oxygen atoms in total. The van der Waals surface area contributed by atoms with E-state index in [4.69, 9.17) is 0 Å². The lowest BCUT2D eigenvalue weighted by Gasteiger charge is -2.19. The largest absolute Gasteiger partial charge is 0.373 e. The second-order valence-electron chi connectivity index (χ2n) is 5.67. The van der Waals surface area contributed by atoms with E-state index in [0.29, 0.717) is 13.0 Å². The Kier molecular flexibility index (Phi) is 5.74. The van der Waals surface area contributed by atoms with E-state index in [1.165, 1.54) is 11.3 Å². The fourth-order valence-corrected chi connectivity index (χ4v) is 3.22. The first kappa shape index (κ1) is 17.1.